The smallest absolute Gasteiger partial charge is 0.119 e. The summed E-state index contributed by atoms with van der Waals surface area (Å²) >= 11 is 0. The van der Waals surface area contributed by atoms with E-state index in [1.807, 2.05) is 24.3 Å². The van der Waals surface area contributed by atoms with Crippen LogP contribution >= 0.6 is 0 Å². The van der Waals surface area contributed by atoms with Crippen molar-refractivity contribution < 1.29 is 4.74 Å². The van der Waals surface area contributed by atoms with Crippen molar-refractivity contribution in [3.8, 4) is 5.75 Å². The molecule has 1 unspecified atom stereocenters. The lowest BCUT2D eigenvalue weighted by Crippen LogP contribution is -2.13. The molecule has 0 amide bonds. The van der Waals surface area contributed by atoms with Crippen LogP contribution in [0.25, 0.3) is 0 Å². The Labute approximate surface area is 108 Å². The fourth-order valence-corrected chi connectivity index (χ4v) is 2.11. The van der Waals surface area contributed by atoms with Gasteiger partial charge < -0.3 is 10.5 Å². The lowest BCUT2D eigenvalue weighted by molar-refractivity contribution is 0.414. The topological polar surface area (TPSA) is 35.2 Å². The molecule has 0 fully saturated rings. The molecule has 0 aliphatic heterocycles. The first-order chi connectivity index (χ1) is 8.61. The molecule has 2 nitrogen and oxygen atoms in total. The highest BCUT2D eigenvalue weighted by atomic mass is 16.5. The van der Waals surface area contributed by atoms with Gasteiger partial charge in [-0.2, -0.15) is 0 Å². The number of aryl methyl sites for hydroxylation is 2. The van der Waals surface area contributed by atoms with Gasteiger partial charge in [-0.3, -0.25) is 0 Å². The molecule has 0 radical (unpaired) electrons. The van der Waals surface area contributed by atoms with E-state index in [1.165, 1.54) is 16.7 Å². The van der Waals surface area contributed by atoms with E-state index >= 15 is 0 Å². The van der Waals surface area contributed by atoms with Gasteiger partial charge >= 0.3 is 0 Å². The molecule has 2 heteroatoms. The summed E-state index contributed by atoms with van der Waals surface area (Å²) in [5.74, 6) is 0.841. The molecule has 0 aliphatic rings. The molecule has 0 saturated heterocycles. The standard InChI is InChI=1S/C16H19NO/c1-11-7-8-12(2)15(9-11)16(17)13-5-4-6-14(10-13)18-3/h4-10,16H,17H2,1-3H3. The molecule has 18 heavy (non-hydrogen) atoms. The van der Waals surface area contributed by atoms with Crippen LogP contribution in [0, 0.1) is 13.8 Å². The van der Waals surface area contributed by atoms with Gasteiger partial charge in [0.2, 0.25) is 0 Å². The van der Waals surface area contributed by atoms with Crippen LogP contribution in [0.15, 0.2) is 42.5 Å². The fourth-order valence-electron chi connectivity index (χ4n) is 2.11. The van der Waals surface area contributed by atoms with Crippen LogP contribution in [0.5, 0.6) is 5.75 Å². The van der Waals surface area contributed by atoms with Gasteiger partial charge in [0.1, 0.15) is 5.75 Å². The van der Waals surface area contributed by atoms with E-state index in [4.69, 9.17) is 10.5 Å². The summed E-state index contributed by atoms with van der Waals surface area (Å²) in [5, 5.41) is 0. The molecule has 2 N–H and O–H groups in total. The van der Waals surface area contributed by atoms with Crippen LogP contribution in [-0.2, 0) is 0 Å². The Morgan fingerprint density at radius 3 is 2.56 bits per heavy atom. The largest absolute Gasteiger partial charge is 0.497 e. The molecule has 0 aromatic heterocycles. The molecule has 0 bridgehead atoms. The first-order valence-corrected chi connectivity index (χ1v) is 6.08. The molecule has 0 saturated carbocycles. The van der Waals surface area contributed by atoms with E-state index < -0.39 is 0 Å². The lowest BCUT2D eigenvalue weighted by atomic mass is 9.94. The first-order valence-electron chi connectivity index (χ1n) is 6.08. The maximum absolute atomic E-state index is 6.35. The zero-order chi connectivity index (χ0) is 13.1. The maximum atomic E-state index is 6.35. The Morgan fingerprint density at radius 1 is 1.06 bits per heavy atom. The Hall–Kier alpha value is -1.80. The SMILES string of the molecule is COc1cccc(C(N)c2cc(C)ccc2C)c1. The van der Waals surface area contributed by atoms with Crippen molar-refractivity contribution in [2.75, 3.05) is 7.11 Å². The van der Waals surface area contributed by atoms with Gasteiger partial charge in [-0.1, -0.05) is 35.9 Å². The fraction of sp³-hybridized carbons (Fsp3) is 0.250. The van der Waals surface area contributed by atoms with Crippen LogP contribution in [0.2, 0.25) is 0 Å². The van der Waals surface area contributed by atoms with E-state index in [0.717, 1.165) is 11.3 Å². The number of methoxy groups -OCH3 is 1. The average molecular weight is 241 g/mol. The van der Waals surface area contributed by atoms with E-state index in [-0.39, 0.29) is 6.04 Å². The van der Waals surface area contributed by atoms with Crippen molar-refractivity contribution in [3.05, 3.63) is 64.7 Å². The zero-order valence-corrected chi connectivity index (χ0v) is 11.1. The van der Waals surface area contributed by atoms with Gasteiger partial charge in [0.25, 0.3) is 0 Å². The van der Waals surface area contributed by atoms with E-state index in [0.29, 0.717) is 0 Å². The predicted molar refractivity (Wildman–Crippen MR) is 74.9 cm³/mol. The average Bonchev–Trinajstić information content (AvgIpc) is 2.41. The molecule has 0 heterocycles. The van der Waals surface area contributed by atoms with Gasteiger partial charge in [0.05, 0.1) is 13.2 Å². The van der Waals surface area contributed by atoms with E-state index in [9.17, 15) is 0 Å². The third-order valence-corrected chi connectivity index (χ3v) is 3.22. The molecule has 0 aliphatic carbocycles. The molecule has 0 spiro atoms. The van der Waals surface area contributed by atoms with Crippen LogP contribution in [0.3, 0.4) is 0 Å². The Morgan fingerprint density at radius 2 is 1.83 bits per heavy atom. The third kappa shape index (κ3) is 2.54. The highest BCUT2D eigenvalue weighted by Crippen LogP contribution is 2.26. The number of hydrogen-bond donors (Lipinski definition) is 1. The van der Waals surface area contributed by atoms with Crippen molar-refractivity contribution >= 4 is 0 Å². The van der Waals surface area contributed by atoms with Gasteiger partial charge in [-0.15, -0.1) is 0 Å². The van der Waals surface area contributed by atoms with Crippen molar-refractivity contribution in [3.63, 3.8) is 0 Å². The number of ether oxygens (including phenoxy) is 1. The number of rotatable bonds is 3. The van der Waals surface area contributed by atoms with Crippen LogP contribution in [0.4, 0.5) is 0 Å². The third-order valence-electron chi connectivity index (χ3n) is 3.22. The van der Waals surface area contributed by atoms with Crippen LogP contribution < -0.4 is 10.5 Å². The Kier molecular flexibility index (Phi) is 3.68. The molecular formula is C16H19NO. The Balaban J connectivity index is 2.40. The molecule has 1 atom stereocenters. The number of benzene rings is 2. The molecule has 94 valence electrons. The second-order valence-electron chi connectivity index (χ2n) is 4.61. The summed E-state index contributed by atoms with van der Waals surface area (Å²) in [5.41, 5.74) is 11.0. The zero-order valence-electron chi connectivity index (χ0n) is 11.1. The second-order valence-corrected chi connectivity index (χ2v) is 4.61. The van der Waals surface area contributed by atoms with Crippen molar-refractivity contribution in [2.24, 2.45) is 5.73 Å². The normalized spacial score (nSPS) is 12.2. The van der Waals surface area contributed by atoms with E-state index in [1.54, 1.807) is 7.11 Å². The summed E-state index contributed by atoms with van der Waals surface area (Å²) in [6.07, 6.45) is 0. The molecule has 2 aromatic rings. The summed E-state index contributed by atoms with van der Waals surface area (Å²) in [6.45, 7) is 4.18. The van der Waals surface area contributed by atoms with Crippen LogP contribution in [0.1, 0.15) is 28.3 Å². The molecule has 2 aromatic carbocycles. The first kappa shape index (κ1) is 12.7. The van der Waals surface area contributed by atoms with Crippen LogP contribution in [-0.4, -0.2) is 7.11 Å². The number of hydrogen-bond acceptors (Lipinski definition) is 2. The quantitative estimate of drug-likeness (QED) is 0.894. The summed E-state index contributed by atoms with van der Waals surface area (Å²) in [6, 6.07) is 14.2. The van der Waals surface area contributed by atoms with Gasteiger partial charge in [0.15, 0.2) is 0 Å². The van der Waals surface area contributed by atoms with Gasteiger partial charge in [-0.05, 0) is 42.7 Å². The predicted octanol–water partition coefficient (Wildman–Crippen LogP) is 3.36. The summed E-state index contributed by atoms with van der Waals surface area (Å²) in [7, 11) is 1.67. The van der Waals surface area contributed by atoms with Gasteiger partial charge in [0, 0.05) is 0 Å². The monoisotopic (exact) mass is 241 g/mol. The lowest BCUT2D eigenvalue weighted by Gasteiger charge is -2.16. The minimum Gasteiger partial charge on any atom is -0.497 e. The maximum Gasteiger partial charge on any atom is 0.119 e. The van der Waals surface area contributed by atoms with Crippen molar-refractivity contribution in [1.82, 2.24) is 0 Å². The minimum atomic E-state index is -0.111. The minimum absolute atomic E-state index is 0.111. The van der Waals surface area contributed by atoms with Crippen molar-refractivity contribution in [1.29, 1.82) is 0 Å². The molecular weight excluding hydrogens is 222 g/mol. The highest BCUT2D eigenvalue weighted by Gasteiger charge is 2.12. The highest BCUT2D eigenvalue weighted by molar-refractivity contribution is 5.41. The summed E-state index contributed by atoms with van der Waals surface area (Å²) < 4.78 is 5.24. The van der Waals surface area contributed by atoms with E-state index in [2.05, 4.69) is 32.0 Å². The Bertz CT molecular complexity index is 549. The number of nitrogens with two attached hydrogens (primary N) is 1. The second kappa shape index (κ2) is 5.23. The molecule has 2 rings (SSSR count). The van der Waals surface area contributed by atoms with Crippen molar-refractivity contribution in [2.45, 2.75) is 19.9 Å². The summed E-state index contributed by atoms with van der Waals surface area (Å²) in [4.78, 5) is 0. The van der Waals surface area contributed by atoms with Gasteiger partial charge in [-0.25, -0.2) is 0 Å².